The number of carbonyl (C=O) groups is 1. The summed E-state index contributed by atoms with van der Waals surface area (Å²) in [6, 6.07) is 4.12. The van der Waals surface area contributed by atoms with Crippen LogP contribution in [0.5, 0.6) is 0 Å². The maximum atomic E-state index is 14.1. The molecule has 2 aliphatic rings. The summed E-state index contributed by atoms with van der Waals surface area (Å²) in [7, 11) is 0. The van der Waals surface area contributed by atoms with Gasteiger partial charge in [0.25, 0.3) is 0 Å². The predicted molar refractivity (Wildman–Crippen MR) is 99.4 cm³/mol. The number of aliphatic hydroxyl groups excluding tert-OH is 1. The molecule has 2 heterocycles. The van der Waals surface area contributed by atoms with Crippen molar-refractivity contribution in [2.45, 2.75) is 37.5 Å². The molecule has 0 spiro atoms. The van der Waals surface area contributed by atoms with Gasteiger partial charge in [-0.05, 0) is 37.5 Å². The molecule has 0 aliphatic carbocycles. The number of hydrogen-bond donors (Lipinski definition) is 4. The second-order valence-electron chi connectivity index (χ2n) is 6.05. The van der Waals surface area contributed by atoms with Crippen molar-refractivity contribution in [3.05, 3.63) is 24.0 Å². The molecule has 2 saturated heterocycles. The van der Waals surface area contributed by atoms with E-state index in [1.165, 1.54) is 6.07 Å². The minimum absolute atomic E-state index is 0. The molecule has 0 radical (unpaired) electrons. The highest BCUT2D eigenvalue weighted by molar-refractivity contribution is 5.95. The Morgan fingerprint density at radius 3 is 2.80 bits per heavy atom. The summed E-state index contributed by atoms with van der Waals surface area (Å²) in [6.45, 7) is 1.74. The monoisotopic (exact) mass is 395 g/mol. The summed E-state index contributed by atoms with van der Waals surface area (Å²) in [4.78, 5) is 12.0. The molecule has 0 aromatic heterocycles. The number of aliphatic hydroxyl groups is 1. The van der Waals surface area contributed by atoms with Gasteiger partial charge in [0.15, 0.2) is 0 Å². The quantitative estimate of drug-likeness (QED) is 0.612. The molecule has 0 bridgehead atoms. The van der Waals surface area contributed by atoms with E-state index in [1.54, 1.807) is 12.1 Å². The molecule has 3 atom stereocenters. The summed E-state index contributed by atoms with van der Waals surface area (Å²) in [5.74, 6) is -0.679. The third kappa shape index (κ3) is 5.97. The van der Waals surface area contributed by atoms with E-state index in [9.17, 15) is 14.3 Å². The fraction of sp³-hybridized carbons (Fsp3) is 0.562. The summed E-state index contributed by atoms with van der Waals surface area (Å²) >= 11 is 0. The minimum Gasteiger partial charge on any atom is -0.392 e. The van der Waals surface area contributed by atoms with E-state index < -0.39 is 18.0 Å². The van der Waals surface area contributed by atoms with Crippen LogP contribution in [0.4, 0.5) is 15.8 Å². The first-order valence-corrected chi connectivity index (χ1v) is 7.99. The number of nitrogens with one attached hydrogen (secondary N) is 3. The molecule has 2 aliphatic heterocycles. The standard InChI is InChI=1S/C16H22FN3O3.2ClH/c17-13-6-10(20-16(22)15-7-11(21)8-18-15)3-4-14(13)19-9-12-2-1-5-23-12;;/h3-4,6,11-12,15,18-19,21H,1-2,5,7-9H2,(H,20,22);2*1H. The Morgan fingerprint density at radius 2 is 2.20 bits per heavy atom. The van der Waals surface area contributed by atoms with E-state index in [2.05, 4.69) is 16.0 Å². The molecule has 1 amide bonds. The Hall–Kier alpha value is -1.12. The lowest BCUT2D eigenvalue weighted by Crippen LogP contribution is -2.35. The number of benzene rings is 1. The van der Waals surface area contributed by atoms with Crippen LogP contribution >= 0.6 is 24.8 Å². The highest BCUT2D eigenvalue weighted by Gasteiger charge is 2.28. The Balaban J connectivity index is 0.00000156. The number of halogens is 3. The van der Waals surface area contributed by atoms with Gasteiger partial charge in [0.05, 0.1) is 23.9 Å². The van der Waals surface area contributed by atoms with Crippen LogP contribution in [0.1, 0.15) is 19.3 Å². The number of ether oxygens (including phenoxy) is 1. The van der Waals surface area contributed by atoms with Gasteiger partial charge in [-0.3, -0.25) is 4.79 Å². The predicted octanol–water partition coefficient (Wildman–Crippen LogP) is 1.92. The molecule has 3 rings (SSSR count). The van der Waals surface area contributed by atoms with Gasteiger partial charge in [0, 0.05) is 25.4 Å². The van der Waals surface area contributed by atoms with Gasteiger partial charge in [0.2, 0.25) is 5.91 Å². The molecule has 4 N–H and O–H groups in total. The summed E-state index contributed by atoms with van der Waals surface area (Å²) < 4.78 is 19.6. The van der Waals surface area contributed by atoms with E-state index in [4.69, 9.17) is 4.74 Å². The van der Waals surface area contributed by atoms with Crippen LogP contribution in [-0.2, 0) is 9.53 Å². The van der Waals surface area contributed by atoms with Crippen molar-refractivity contribution in [1.82, 2.24) is 5.32 Å². The van der Waals surface area contributed by atoms with Crippen LogP contribution in [0, 0.1) is 5.82 Å². The molecule has 2 fully saturated rings. The van der Waals surface area contributed by atoms with Gasteiger partial charge in [0.1, 0.15) is 5.82 Å². The zero-order valence-corrected chi connectivity index (χ0v) is 15.3. The Labute approximate surface area is 158 Å². The summed E-state index contributed by atoms with van der Waals surface area (Å²) in [6.07, 6.45) is 2.03. The first kappa shape index (κ1) is 21.9. The molecule has 0 saturated carbocycles. The number of β-amino-alcohol motifs (C(OH)–C–C–N with tert-alkyl or cyclic N) is 1. The zero-order chi connectivity index (χ0) is 16.2. The smallest absolute Gasteiger partial charge is 0.241 e. The van der Waals surface area contributed by atoms with Crippen LogP contribution in [0.2, 0.25) is 0 Å². The first-order chi connectivity index (χ1) is 11.1. The second kappa shape index (κ2) is 10.1. The van der Waals surface area contributed by atoms with Gasteiger partial charge in [-0.2, -0.15) is 0 Å². The van der Waals surface area contributed by atoms with Crippen molar-refractivity contribution in [1.29, 1.82) is 0 Å². The van der Waals surface area contributed by atoms with Crippen molar-refractivity contribution in [2.75, 3.05) is 30.3 Å². The van der Waals surface area contributed by atoms with Gasteiger partial charge in [-0.1, -0.05) is 0 Å². The van der Waals surface area contributed by atoms with E-state index in [1.807, 2.05) is 0 Å². The summed E-state index contributed by atoms with van der Waals surface area (Å²) in [5.41, 5.74) is 0.797. The maximum Gasteiger partial charge on any atom is 0.241 e. The Morgan fingerprint density at radius 1 is 1.40 bits per heavy atom. The maximum absolute atomic E-state index is 14.1. The highest BCUT2D eigenvalue weighted by atomic mass is 35.5. The van der Waals surface area contributed by atoms with Crippen molar-refractivity contribution in [3.63, 3.8) is 0 Å². The molecule has 9 heteroatoms. The largest absolute Gasteiger partial charge is 0.392 e. The average Bonchev–Trinajstić information content (AvgIpc) is 3.18. The lowest BCUT2D eigenvalue weighted by Gasteiger charge is -2.14. The average molecular weight is 396 g/mol. The lowest BCUT2D eigenvalue weighted by atomic mass is 10.2. The van der Waals surface area contributed by atoms with Crippen molar-refractivity contribution in [2.24, 2.45) is 0 Å². The zero-order valence-electron chi connectivity index (χ0n) is 13.7. The number of carbonyl (C=O) groups excluding carboxylic acids is 1. The second-order valence-corrected chi connectivity index (χ2v) is 6.05. The molecule has 3 unspecified atom stereocenters. The van der Waals surface area contributed by atoms with Crippen LogP contribution in [0.3, 0.4) is 0 Å². The van der Waals surface area contributed by atoms with Gasteiger partial charge < -0.3 is 25.8 Å². The van der Waals surface area contributed by atoms with Gasteiger partial charge in [-0.25, -0.2) is 4.39 Å². The fourth-order valence-electron chi connectivity index (χ4n) is 2.91. The molecule has 6 nitrogen and oxygen atoms in total. The molecule has 142 valence electrons. The molecular weight excluding hydrogens is 372 g/mol. The first-order valence-electron chi connectivity index (χ1n) is 7.99. The van der Waals surface area contributed by atoms with Crippen LogP contribution in [-0.4, -0.2) is 49.0 Å². The van der Waals surface area contributed by atoms with Crippen LogP contribution in [0.15, 0.2) is 18.2 Å². The third-order valence-corrected chi connectivity index (χ3v) is 4.20. The van der Waals surface area contributed by atoms with Crippen molar-refractivity contribution in [3.8, 4) is 0 Å². The molecule has 25 heavy (non-hydrogen) atoms. The SMILES string of the molecule is Cl.Cl.O=C(Nc1ccc(NCC2CCCO2)c(F)c1)C1CC(O)CN1. The fourth-order valence-corrected chi connectivity index (χ4v) is 2.91. The number of anilines is 2. The van der Waals surface area contributed by atoms with Gasteiger partial charge in [-0.15, -0.1) is 24.8 Å². The van der Waals surface area contributed by atoms with Crippen molar-refractivity contribution >= 4 is 42.1 Å². The highest BCUT2D eigenvalue weighted by Crippen LogP contribution is 2.21. The Kier molecular flexibility index (Phi) is 8.88. The van der Waals surface area contributed by atoms with E-state index >= 15 is 0 Å². The van der Waals surface area contributed by atoms with Crippen molar-refractivity contribution < 1.29 is 19.0 Å². The third-order valence-electron chi connectivity index (χ3n) is 4.20. The minimum atomic E-state index is -0.508. The molecule has 1 aromatic carbocycles. The Bertz CT molecular complexity index is 574. The summed E-state index contributed by atoms with van der Waals surface area (Å²) in [5, 5.41) is 18.0. The number of hydrogen-bond acceptors (Lipinski definition) is 5. The normalized spacial score (nSPS) is 25.0. The van der Waals surface area contributed by atoms with E-state index in [0.29, 0.717) is 30.9 Å². The topological polar surface area (TPSA) is 82.6 Å². The number of amides is 1. The van der Waals surface area contributed by atoms with Crippen LogP contribution < -0.4 is 16.0 Å². The van der Waals surface area contributed by atoms with Crippen LogP contribution in [0.25, 0.3) is 0 Å². The van der Waals surface area contributed by atoms with E-state index in [0.717, 1.165) is 19.4 Å². The number of rotatable bonds is 5. The van der Waals surface area contributed by atoms with Gasteiger partial charge >= 0.3 is 0 Å². The lowest BCUT2D eigenvalue weighted by molar-refractivity contribution is -0.117. The molecular formula is C16H24Cl2FN3O3. The van der Waals surface area contributed by atoms with E-state index in [-0.39, 0.29) is 36.8 Å². The molecule has 1 aromatic rings.